The lowest BCUT2D eigenvalue weighted by Gasteiger charge is -2.34. The van der Waals surface area contributed by atoms with Gasteiger partial charge in [0.1, 0.15) is 0 Å². The van der Waals surface area contributed by atoms with E-state index in [2.05, 4.69) is 36.4 Å². The molecule has 0 bridgehead atoms. The molecule has 0 spiro atoms. The van der Waals surface area contributed by atoms with Gasteiger partial charge in [-0.2, -0.15) is 0 Å². The summed E-state index contributed by atoms with van der Waals surface area (Å²) in [4.78, 5) is 12.6. The van der Waals surface area contributed by atoms with Crippen LogP contribution >= 0.6 is 0 Å². The monoisotopic (exact) mass is 457 g/mol. The van der Waals surface area contributed by atoms with Crippen LogP contribution in [0.3, 0.4) is 0 Å². The largest absolute Gasteiger partial charge is 0.277 e. The molecule has 0 aliphatic heterocycles. The number of benzene rings is 5. The summed E-state index contributed by atoms with van der Waals surface area (Å²) >= 11 is 0. The van der Waals surface area contributed by atoms with E-state index in [1.807, 2.05) is 103 Å². The van der Waals surface area contributed by atoms with E-state index in [4.69, 9.17) is 0 Å². The maximum atomic E-state index is 12.8. The third kappa shape index (κ3) is 3.64. The van der Waals surface area contributed by atoms with Crippen LogP contribution in [-0.2, 0) is 0 Å². The van der Waals surface area contributed by atoms with Gasteiger partial charge in [0.25, 0.3) is 5.69 Å². The second-order valence-electron chi connectivity index (χ2n) is 8.17. The lowest BCUT2D eigenvalue weighted by molar-refractivity contribution is -0.383. The van der Waals surface area contributed by atoms with E-state index in [0.29, 0.717) is 5.56 Å². The fourth-order valence-electron chi connectivity index (χ4n) is 4.92. The molecule has 3 nitrogen and oxygen atoms in total. The van der Waals surface area contributed by atoms with Gasteiger partial charge in [0, 0.05) is 5.19 Å². The van der Waals surface area contributed by atoms with Crippen molar-refractivity contribution in [2.75, 3.05) is 0 Å². The van der Waals surface area contributed by atoms with Crippen LogP contribution in [0.2, 0.25) is 0 Å². The number of rotatable bonds is 6. The zero-order valence-corrected chi connectivity index (χ0v) is 19.5. The molecule has 0 heterocycles. The van der Waals surface area contributed by atoms with E-state index in [1.54, 1.807) is 0 Å². The van der Waals surface area contributed by atoms with Crippen LogP contribution in [0, 0.1) is 10.1 Å². The molecule has 34 heavy (non-hydrogen) atoms. The molecule has 0 saturated heterocycles. The van der Waals surface area contributed by atoms with E-state index >= 15 is 0 Å². The minimum absolute atomic E-state index is 0.178. The molecule has 164 valence electrons. The summed E-state index contributed by atoms with van der Waals surface area (Å²) in [5, 5.41) is 16.9. The zero-order chi connectivity index (χ0) is 23.4. The Hall–Kier alpha value is -4.28. The van der Waals surface area contributed by atoms with Gasteiger partial charge in [-0.1, -0.05) is 133 Å². The summed E-state index contributed by atoms with van der Waals surface area (Å²) in [5.41, 5.74) is 1.66. The molecule has 5 rings (SSSR count). The smallest absolute Gasteiger partial charge is 0.258 e. The van der Waals surface area contributed by atoms with Crippen LogP contribution in [0.25, 0.3) is 11.1 Å². The Kier molecular flexibility index (Phi) is 5.89. The van der Waals surface area contributed by atoms with Gasteiger partial charge < -0.3 is 0 Å². The van der Waals surface area contributed by atoms with E-state index in [0.717, 1.165) is 26.3 Å². The predicted octanol–water partition coefficient (Wildman–Crippen LogP) is 4.64. The Morgan fingerprint density at radius 2 is 0.912 bits per heavy atom. The van der Waals surface area contributed by atoms with Gasteiger partial charge in [-0.05, 0) is 27.2 Å². The first-order chi connectivity index (χ1) is 16.7. The minimum Gasteiger partial charge on any atom is -0.258 e. The third-order valence-electron chi connectivity index (χ3n) is 6.33. The molecule has 0 radical (unpaired) electrons. The first kappa shape index (κ1) is 21.6. The lowest BCUT2D eigenvalue weighted by atomic mass is 10.0. The Labute approximate surface area is 200 Å². The number of nitro benzene ring substituents is 1. The number of nitrogens with zero attached hydrogens (tertiary/aromatic N) is 1. The van der Waals surface area contributed by atoms with Crippen molar-refractivity contribution in [2.24, 2.45) is 0 Å². The van der Waals surface area contributed by atoms with Crippen LogP contribution < -0.4 is 20.7 Å². The molecule has 4 heteroatoms. The first-order valence-electron chi connectivity index (χ1n) is 11.2. The molecule has 0 fully saturated rings. The first-order valence-corrected chi connectivity index (χ1v) is 13.2. The van der Waals surface area contributed by atoms with E-state index in [-0.39, 0.29) is 10.6 Å². The van der Waals surface area contributed by atoms with Gasteiger partial charge in [0.05, 0.1) is 10.5 Å². The highest BCUT2D eigenvalue weighted by Crippen LogP contribution is 2.30. The maximum absolute atomic E-state index is 12.8. The molecule has 5 aromatic rings. The molecule has 0 aliphatic carbocycles. The highest BCUT2D eigenvalue weighted by atomic mass is 28.3. The molecule has 0 atom stereocenters. The number of hydrogen-bond acceptors (Lipinski definition) is 2. The summed E-state index contributed by atoms with van der Waals surface area (Å²) < 4.78 is 0. The normalized spacial score (nSPS) is 11.2. The quantitative estimate of drug-likeness (QED) is 0.161. The van der Waals surface area contributed by atoms with Gasteiger partial charge in [-0.3, -0.25) is 10.1 Å². The molecule has 0 aliphatic rings. The Bertz CT molecular complexity index is 1310. The molecule has 0 N–H and O–H groups in total. The van der Waals surface area contributed by atoms with Crippen molar-refractivity contribution in [2.45, 2.75) is 0 Å². The van der Waals surface area contributed by atoms with Crippen molar-refractivity contribution in [3.8, 4) is 11.1 Å². The Morgan fingerprint density at radius 1 is 0.500 bits per heavy atom. The fraction of sp³-hybridized carbons (Fsp3) is 0. The predicted molar refractivity (Wildman–Crippen MR) is 142 cm³/mol. The van der Waals surface area contributed by atoms with E-state index < -0.39 is 8.07 Å². The molecule has 0 saturated carbocycles. The second-order valence-corrected chi connectivity index (χ2v) is 11.9. The number of nitro groups is 1. The number of para-hydroxylation sites is 1. The van der Waals surface area contributed by atoms with Gasteiger partial charge in [0.15, 0.2) is 8.07 Å². The SMILES string of the molecule is O=[N+]([O-])c1c(-c2ccccc2)cccc1[Si](c1ccccc1)(c1ccccc1)c1ccccc1. The molecule has 0 unspecified atom stereocenters. The maximum Gasteiger partial charge on any atom is 0.277 e. The Morgan fingerprint density at radius 3 is 1.32 bits per heavy atom. The van der Waals surface area contributed by atoms with Crippen molar-refractivity contribution in [3.63, 3.8) is 0 Å². The number of hydrogen-bond donors (Lipinski definition) is 0. The third-order valence-corrected chi connectivity index (χ3v) is 11.1. The van der Waals surface area contributed by atoms with Crippen LogP contribution in [0.4, 0.5) is 5.69 Å². The summed E-state index contributed by atoms with van der Waals surface area (Å²) in [6, 6.07) is 46.2. The average Bonchev–Trinajstić information content (AvgIpc) is 2.91. The highest BCUT2D eigenvalue weighted by Gasteiger charge is 2.46. The van der Waals surface area contributed by atoms with Crippen LogP contribution in [0.15, 0.2) is 140 Å². The Balaban J connectivity index is 1.97. The fourth-order valence-corrected chi connectivity index (χ4v) is 9.86. The van der Waals surface area contributed by atoms with E-state index in [1.165, 1.54) is 0 Å². The van der Waals surface area contributed by atoms with Crippen molar-refractivity contribution < 1.29 is 4.92 Å². The molecule has 0 amide bonds. The van der Waals surface area contributed by atoms with Gasteiger partial charge in [0.2, 0.25) is 0 Å². The van der Waals surface area contributed by atoms with Crippen molar-refractivity contribution in [1.29, 1.82) is 0 Å². The van der Waals surface area contributed by atoms with Gasteiger partial charge in [-0.15, -0.1) is 0 Å². The minimum atomic E-state index is -3.01. The second kappa shape index (κ2) is 9.30. The molecule has 0 aromatic heterocycles. The highest BCUT2D eigenvalue weighted by molar-refractivity contribution is 7.20. The average molecular weight is 458 g/mol. The summed E-state index contributed by atoms with van der Waals surface area (Å²) in [6.45, 7) is 0. The molecule has 5 aromatic carbocycles. The van der Waals surface area contributed by atoms with Gasteiger partial charge >= 0.3 is 0 Å². The molecular weight excluding hydrogens is 434 g/mol. The lowest BCUT2D eigenvalue weighted by Crippen LogP contribution is -2.75. The van der Waals surface area contributed by atoms with Crippen molar-refractivity contribution in [1.82, 2.24) is 0 Å². The van der Waals surface area contributed by atoms with Crippen LogP contribution in [0.5, 0.6) is 0 Å². The zero-order valence-electron chi connectivity index (χ0n) is 18.5. The van der Waals surface area contributed by atoms with Crippen molar-refractivity contribution in [3.05, 3.63) is 150 Å². The van der Waals surface area contributed by atoms with Crippen LogP contribution in [0.1, 0.15) is 0 Å². The summed E-state index contributed by atoms with van der Waals surface area (Å²) in [5.74, 6) is 0. The van der Waals surface area contributed by atoms with Gasteiger partial charge in [-0.25, -0.2) is 0 Å². The van der Waals surface area contributed by atoms with Crippen LogP contribution in [-0.4, -0.2) is 13.0 Å². The van der Waals surface area contributed by atoms with Crippen molar-refractivity contribution >= 4 is 34.5 Å². The standard InChI is InChI=1S/C30H23NO2Si/c32-31(33)30-28(24-14-5-1-6-15-24)22-13-23-29(30)34(25-16-7-2-8-17-25,26-18-9-3-10-19-26)27-20-11-4-12-21-27/h1-23H. The van der Waals surface area contributed by atoms with E-state index in [9.17, 15) is 10.1 Å². The summed E-state index contributed by atoms with van der Waals surface area (Å²) in [7, 11) is -3.01. The summed E-state index contributed by atoms with van der Waals surface area (Å²) in [6.07, 6.45) is 0. The molecular formula is C30H23NO2Si. The topological polar surface area (TPSA) is 43.1 Å².